The Labute approximate surface area is 234 Å². The summed E-state index contributed by atoms with van der Waals surface area (Å²) in [5, 5.41) is 0. The molecule has 13 heteroatoms. The third kappa shape index (κ3) is 6.12. The average molecular weight is 610 g/mol. The monoisotopic (exact) mass is 609 g/mol. The number of hydrogen-bond donors (Lipinski definition) is 0. The van der Waals surface area contributed by atoms with Gasteiger partial charge in [0.1, 0.15) is 0 Å². The number of halogens is 4. The number of benzene rings is 1. The Bertz CT molecular complexity index is 1320. The van der Waals surface area contributed by atoms with Crippen molar-refractivity contribution in [1.29, 1.82) is 0 Å². The van der Waals surface area contributed by atoms with E-state index in [9.17, 15) is 30.8 Å². The van der Waals surface area contributed by atoms with E-state index in [1.807, 2.05) is 13.8 Å². The van der Waals surface area contributed by atoms with Gasteiger partial charge in [0.25, 0.3) is 0 Å². The number of anilines is 1. The minimum atomic E-state index is -5.21. The van der Waals surface area contributed by atoms with Gasteiger partial charge in [-0.2, -0.15) is 0 Å². The van der Waals surface area contributed by atoms with E-state index in [2.05, 4.69) is 9.97 Å². The zero-order valence-corrected chi connectivity index (χ0v) is 26.4. The molecule has 0 aliphatic heterocycles. The van der Waals surface area contributed by atoms with Crippen molar-refractivity contribution in [3.8, 4) is 11.3 Å². The molecule has 7 nitrogen and oxygen atoms in total. The number of alkyl halides is 3. The van der Waals surface area contributed by atoms with Crippen LogP contribution in [0.3, 0.4) is 0 Å². The summed E-state index contributed by atoms with van der Waals surface area (Å²) in [5.41, 5.74) is 0.0298. The molecule has 0 amide bonds. The van der Waals surface area contributed by atoms with Crippen LogP contribution in [-0.2, 0) is 25.5 Å². The molecular weight excluding hydrogens is 569 g/mol. The number of rotatable bonds is 10. The zero-order chi connectivity index (χ0) is 31.0. The standard InChI is InChI=1S/C27H40F4N3O4PS/c1-16(2)23-22(15-39(17(3)4,18(5)6,19(7)8)38-25(35)27(29,30)31)24(20-11-13-21(28)14-12-20)33-26(32-23)34(9)40(10,36)37/h11-14,16-19H,15H2,1-10H3. The van der Waals surface area contributed by atoms with Crippen LogP contribution in [0, 0.1) is 5.82 Å². The van der Waals surface area contributed by atoms with Crippen LogP contribution < -0.4 is 4.31 Å². The van der Waals surface area contributed by atoms with Gasteiger partial charge >= 0.3 is 235 Å². The second-order valence-corrected chi connectivity index (χ2v) is 19.9. The second kappa shape index (κ2) is 11.5. The van der Waals surface area contributed by atoms with Gasteiger partial charge in [0.15, 0.2) is 0 Å². The van der Waals surface area contributed by atoms with E-state index in [0.29, 0.717) is 16.8 Å². The van der Waals surface area contributed by atoms with Gasteiger partial charge in [-0.25, -0.2) is 0 Å². The van der Waals surface area contributed by atoms with Gasteiger partial charge in [-0.3, -0.25) is 0 Å². The van der Waals surface area contributed by atoms with Gasteiger partial charge in [0.2, 0.25) is 0 Å². The Balaban J connectivity index is 3.13. The summed E-state index contributed by atoms with van der Waals surface area (Å²) in [7, 11) is -2.48. The van der Waals surface area contributed by atoms with Gasteiger partial charge in [-0.05, 0) is 0 Å². The molecule has 0 unspecified atom stereocenters. The van der Waals surface area contributed by atoms with E-state index in [-0.39, 0.29) is 23.7 Å². The molecule has 2 rings (SSSR count). The molecule has 0 aliphatic rings. The molecule has 0 saturated heterocycles. The van der Waals surface area contributed by atoms with Crippen LogP contribution in [0.4, 0.5) is 23.5 Å². The topological polar surface area (TPSA) is 89.5 Å². The maximum atomic E-state index is 13.9. The summed E-state index contributed by atoms with van der Waals surface area (Å²) < 4.78 is 86.6. The number of aromatic nitrogens is 2. The Kier molecular flexibility index (Phi) is 9.75. The van der Waals surface area contributed by atoms with E-state index in [1.54, 1.807) is 41.5 Å². The molecule has 0 saturated carbocycles. The molecule has 0 radical (unpaired) electrons. The molecule has 40 heavy (non-hydrogen) atoms. The summed E-state index contributed by atoms with van der Waals surface area (Å²) in [4.78, 5) is 21.8. The fourth-order valence-corrected chi connectivity index (χ4v) is 12.8. The maximum absolute atomic E-state index is 13.9. The van der Waals surface area contributed by atoms with Crippen molar-refractivity contribution in [2.45, 2.75) is 90.6 Å². The van der Waals surface area contributed by atoms with Crippen LogP contribution in [0.5, 0.6) is 0 Å². The Morgan fingerprint density at radius 2 is 1.43 bits per heavy atom. The van der Waals surface area contributed by atoms with E-state index >= 15 is 0 Å². The summed E-state index contributed by atoms with van der Waals surface area (Å²) >= 11 is 0. The fourth-order valence-electron chi connectivity index (χ4n) is 5.54. The molecule has 0 N–H and O–H groups in total. The molecule has 0 spiro atoms. The summed E-state index contributed by atoms with van der Waals surface area (Å²) in [6, 6.07) is 5.36. The molecule has 226 valence electrons. The first-order valence-electron chi connectivity index (χ1n) is 13.0. The van der Waals surface area contributed by atoms with Crippen LogP contribution >= 0.6 is 6.83 Å². The minimum absolute atomic E-state index is 0.0798. The van der Waals surface area contributed by atoms with Crippen molar-refractivity contribution in [2.75, 3.05) is 17.6 Å². The zero-order valence-electron chi connectivity index (χ0n) is 24.7. The summed E-state index contributed by atoms with van der Waals surface area (Å²) in [6.07, 6.45) is -4.29. The van der Waals surface area contributed by atoms with E-state index in [0.717, 1.165) is 10.6 Å². The van der Waals surface area contributed by atoms with Crippen molar-refractivity contribution in [2.24, 2.45) is 0 Å². The predicted octanol–water partition coefficient (Wildman–Crippen LogP) is 7.10. The second-order valence-electron chi connectivity index (χ2n) is 11.4. The van der Waals surface area contributed by atoms with E-state index < -0.39 is 51.8 Å². The number of sulfonamides is 1. The molecule has 2 aromatic rings. The van der Waals surface area contributed by atoms with Crippen LogP contribution in [-0.4, -0.2) is 60.8 Å². The molecule has 0 aliphatic carbocycles. The third-order valence-electron chi connectivity index (χ3n) is 8.02. The molecule has 1 heterocycles. The normalized spacial score (nSPS) is 14.1. The average Bonchev–Trinajstić information content (AvgIpc) is 2.81. The Morgan fingerprint density at radius 3 is 1.80 bits per heavy atom. The first-order valence-corrected chi connectivity index (χ1v) is 17.4. The van der Waals surface area contributed by atoms with Crippen molar-refractivity contribution < 1.29 is 35.3 Å². The van der Waals surface area contributed by atoms with Crippen LogP contribution in [0.25, 0.3) is 11.3 Å². The van der Waals surface area contributed by atoms with Crippen molar-refractivity contribution in [3.05, 3.63) is 41.3 Å². The molecule has 0 fully saturated rings. The Morgan fingerprint density at radius 1 is 0.950 bits per heavy atom. The molecule has 1 aromatic heterocycles. The molecule has 0 bridgehead atoms. The van der Waals surface area contributed by atoms with Gasteiger partial charge in [-0.1, -0.05) is 0 Å². The van der Waals surface area contributed by atoms with Crippen LogP contribution in [0.2, 0.25) is 0 Å². The van der Waals surface area contributed by atoms with E-state index in [4.69, 9.17) is 4.52 Å². The third-order valence-corrected chi connectivity index (χ3v) is 17.8. The quantitative estimate of drug-likeness (QED) is 0.211. The first-order chi connectivity index (χ1) is 18.1. The summed E-state index contributed by atoms with van der Waals surface area (Å²) in [6.45, 7) is 10.0. The molecule has 1 aromatic carbocycles. The van der Waals surface area contributed by atoms with Gasteiger partial charge < -0.3 is 0 Å². The van der Waals surface area contributed by atoms with E-state index in [1.165, 1.54) is 31.3 Å². The number of nitrogens with zero attached hydrogens (tertiary/aromatic N) is 3. The van der Waals surface area contributed by atoms with Crippen LogP contribution in [0.1, 0.15) is 72.6 Å². The predicted molar refractivity (Wildman–Crippen MR) is 153 cm³/mol. The van der Waals surface area contributed by atoms with Gasteiger partial charge in [-0.15, -0.1) is 0 Å². The molecule has 0 atom stereocenters. The van der Waals surface area contributed by atoms with Gasteiger partial charge in [0.05, 0.1) is 0 Å². The Hall–Kier alpha value is -2.33. The molecular formula is C27H40F4N3O4PS. The van der Waals surface area contributed by atoms with Crippen molar-refractivity contribution in [1.82, 2.24) is 9.97 Å². The fraction of sp³-hybridized carbons (Fsp3) is 0.593. The van der Waals surface area contributed by atoms with Crippen LogP contribution in [0.15, 0.2) is 24.3 Å². The SMILES string of the molecule is CC(C)c1nc(N(C)S(C)(=O)=O)nc(-c2ccc(F)cc2)c1CP(OC(=O)C(F)(F)F)(C(C)C)(C(C)C)C(C)C. The number of carbonyl (C=O) groups is 1. The van der Waals surface area contributed by atoms with Crippen molar-refractivity contribution in [3.63, 3.8) is 0 Å². The number of hydrogen-bond acceptors (Lipinski definition) is 6. The first kappa shape index (κ1) is 33.9. The number of carbonyl (C=O) groups excluding carboxylic acids is 1. The summed E-state index contributed by atoms with van der Waals surface area (Å²) in [5.74, 6) is -3.22. The van der Waals surface area contributed by atoms with Crippen molar-refractivity contribution >= 4 is 28.8 Å². The van der Waals surface area contributed by atoms with Gasteiger partial charge in [0, 0.05) is 0 Å².